The molecule has 1 saturated carbocycles. The van der Waals surface area contributed by atoms with Crippen LogP contribution in [0, 0.1) is 12.8 Å². The maximum absolute atomic E-state index is 12.7. The first kappa shape index (κ1) is 22.9. The summed E-state index contributed by atoms with van der Waals surface area (Å²) in [6.07, 6.45) is 6.11. The SMILES string of the molecule is Cc1nc(-c2ccsc2)ccc1C(=O)NC(CN)C1CCCCC1.Cl.Cl. The molecule has 3 rings (SSSR count). The third-order valence-electron chi connectivity index (χ3n) is 4.94. The van der Waals surface area contributed by atoms with Crippen molar-refractivity contribution in [3.8, 4) is 11.3 Å². The first-order valence-corrected chi connectivity index (χ1v) is 9.64. The van der Waals surface area contributed by atoms with E-state index in [0.717, 1.165) is 29.8 Å². The summed E-state index contributed by atoms with van der Waals surface area (Å²) in [7, 11) is 0. The molecule has 144 valence electrons. The van der Waals surface area contributed by atoms with E-state index in [9.17, 15) is 4.79 Å². The zero-order valence-electron chi connectivity index (χ0n) is 14.9. The number of nitrogens with zero attached hydrogens (tertiary/aromatic N) is 1. The van der Waals surface area contributed by atoms with E-state index in [2.05, 4.69) is 15.7 Å². The van der Waals surface area contributed by atoms with Gasteiger partial charge in [0, 0.05) is 23.5 Å². The first-order chi connectivity index (χ1) is 11.7. The lowest BCUT2D eigenvalue weighted by Gasteiger charge is -2.30. The smallest absolute Gasteiger partial charge is 0.253 e. The normalized spacial score (nSPS) is 15.5. The van der Waals surface area contributed by atoms with E-state index in [0.29, 0.717) is 18.0 Å². The summed E-state index contributed by atoms with van der Waals surface area (Å²) >= 11 is 1.64. The Bertz CT molecular complexity index is 688. The van der Waals surface area contributed by atoms with Gasteiger partial charge in [0.25, 0.3) is 5.91 Å². The molecular formula is C19H27Cl2N3OS. The van der Waals surface area contributed by atoms with Gasteiger partial charge in [0.05, 0.1) is 17.0 Å². The fourth-order valence-corrected chi connectivity index (χ4v) is 4.17. The van der Waals surface area contributed by atoms with Crippen LogP contribution in [-0.4, -0.2) is 23.5 Å². The summed E-state index contributed by atoms with van der Waals surface area (Å²) in [6, 6.07) is 5.90. The predicted octanol–water partition coefficient (Wildman–Crippen LogP) is 4.60. The molecule has 1 aliphatic rings. The highest BCUT2D eigenvalue weighted by Gasteiger charge is 2.25. The molecule has 0 aliphatic heterocycles. The number of nitrogens with one attached hydrogen (secondary N) is 1. The molecule has 4 nitrogen and oxygen atoms in total. The average molecular weight is 416 g/mol. The van der Waals surface area contributed by atoms with Crippen molar-refractivity contribution in [1.82, 2.24) is 10.3 Å². The van der Waals surface area contributed by atoms with E-state index in [1.54, 1.807) is 11.3 Å². The van der Waals surface area contributed by atoms with Crippen molar-refractivity contribution in [3.63, 3.8) is 0 Å². The fraction of sp³-hybridized carbons (Fsp3) is 0.474. The summed E-state index contributed by atoms with van der Waals surface area (Å²) in [4.78, 5) is 17.3. The van der Waals surface area contributed by atoms with E-state index in [-0.39, 0.29) is 36.8 Å². The van der Waals surface area contributed by atoms with Crippen LogP contribution in [0.1, 0.15) is 48.2 Å². The standard InChI is InChI=1S/C19H25N3OS.2ClH/c1-13-16(7-8-17(21-13)15-9-10-24-12-15)19(23)22-18(11-20)14-5-3-2-4-6-14;;/h7-10,12,14,18H,2-6,11,20H2,1H3,(H,22,23);2*1H. The van der Waals surface area contributed by atoms with Crippen molar-refractivity contribution in [2.24, 2.45) is 11.7 Å². The Hall–Kier alpha value is -1.14. The largest absolute Gasteiger partial charge is 0.348 e. The quantitative estimate of drug-likeness (QED) is 0.749. The Morgan fingerprint density at radius 2 is 2.00 bits per heavy atom. The van der Waals surface area contributed by atoms with Crippen LogP contribution < -0.4 is 11.1 Å². The minimum atomic E-state index is -0.0575. The van der Waals surface area contributed by atoms with Crippen LogP contribution in [0.3, 0.4) is 0 Å². The molecule has 3 N–H and O–H groups in total. The average Bonchev–Trinajstić information content (AvgIpc) is 3.14. The summed E-state index contributed by atoms with van der Waals surface area (Å²) in [5, 5.41) is 7.24. The summed E-state index contributed by atoms with van der Waals surface area (Å²) in [5.41, 5.74) is 9.33. The van der Waals surface area contributed by atoms with Crippen molar-refractivity contribution >= 4 is 42.1 Å². The van der Waals surface area contributed by atoms with Gasteiger partial charge in [-0.3, -0.25) is 9.78 Å². The number of halogens is 2. The van der Waals surface area contributed by atoms with Crippen molar-refractivity contribution in [1.29, 1.82) is 0 Å². The number of hydrogen-bond acceptors (Lipinski definition) is 4. The van der Waals surface area contributed by atoms with Crippen molar-refractivity contribution in [2.45, 2.75) is 45.1 Å². The van der Waals surface area contributed by atoms with E-state index in [4.69, 9.17) is 5.73 Å². The van der Waals surface area contributed by atoms with Gasteiger partial charge in [-0.2, -0.15) is 11.3 Å². The Morgan fingerprint density at radius 3 is 2.58 bits per heavy atom. The maximum atomic E-state index is 12.7. The number of hydrogen-bond donors (Lipinski definition) is 2. The van der Waals surface area contributed by atoms with Crippen LogP contribution in [0.15, 0.2) is 29.0 Å². The van der Waals surface area contributed by atoms with Crippen LogP contribution in [0.5, 0.6) is 0 Å². The monoisotopic (exact) mass is 415 g/mol. The van der Waals surface area contributed by atoms with Gasteiger partial charge in [0.15, 0.2) is 0 Å². The highest BCUT2D eigenvalue weighted by atomic mass is 35.5. The lowest BCUT2D eigenvalue weighted by molar-refractivity contribution is 0.0914. The molecular weight excluding hydrogens is 389 g/mol. The first-order valence-electron chi connectivity index (χ1n) is 8.70. The van der Waals surface area contributed by atoms with Crippen LogP contribution in [0.4, 0.5) is 0 Å². The van der Waals surface area contributed by atoms with Gasteiger partial charge >= 0.3 is 0 Å². The number of aromatic nitrogens is 1. The van der Waals surface area contributed by atoms with Gasteiger partial charge < -0.3 is 11.1 Å². The third-order valence-corrected chi connectivity index (χ3v) is 5.62. The highest BCUT2D eigenvalue weighted by molar-refractivity contribution is 7.08. The molecule has 0 aromatic carbocycles. The highest BCUT2D eigenvalue weighted by Crippen LogP contribution is 2.26. The molecule has 7 heteroatoms. The summed E-state index contributed by atoms with van der Waals surface area (Å²) in [5.74, 6) is 0.448. The van der Waals surface area contributed by atoms with Gasteiger partial charge in [-0.05, 0) is 49.3 Å². The van der Waals surface area contributed by atoms with Gasteiger partial charge in [-0.15, -0.1) is 24.8 Å². The Morgan fingerprint density at radius 1 is 1.27 bits per heavy atom. The summed E-state index contributed by atoms with van der Waals surface area (Å²) < 4.78 is 0. The number of carbonyl (C=O) groups excluding carboxylic acids is 1. The van der Waals surface area contributed by atoms with Gasteiger partial charge in [0.2, 0.25) is 0 Å². The van der Waals surface area contributed by atoms with Crippen LogP contribution >= 0.6 is 36.2 Å². The number of pyridine rings is 1. The molecule has 2 aromatic heterocycles. The molecule has 0 spiro atoms. The van der Waals surface area contributed by atoms with Gasteiger partial charge in [-0.1, -0.05) is 19.3 Å². The molecule has 2 aromatic rings. The minimum absolute atomic E-state index is 0. The zero-order valence-corrected chi connectivity index (χ0v) is 17.4. The van der Waals surface area contributed by atoms with Crippen LogP contribution in [0.2, 0.25) is 0 Å². The minimum Gasteiger partial charge on any atom is -0.348 e. The molecule has 1 fully saturated rings. The molecule has 0 bridgehead atoms. The molecule has 1 amide bonds. The lowest BCUT2D eigenvalue weighted by atomic mass is 9.84. The van der Waals surface area contributed by atoms with Crippen LogP contribution in [-0.2, 0) is 0 Å². The summed E-state index contributed by atoms with van der Waals surface area (Å²) in [6.45, 7) is 2.39. The Kier molecular flexibility index (Phi) is 9.58. The second-order valence-corrected chi connectivity index (χ2v) is 7.34. The molecule has 2 heterocycles. The number of thiophene rings is 1. The zero-order chi connectivity index (χ0) is 16.9. The number of carbonyl (C=O) groups is 1. The molecule has 1 aliphatic carbocycles. The van der Waals surface area contributed by atoms with Crippen molar-refractivity contribution < 1.29 is 4.79 Å². The molecule has 1 unspecified atom stereocenters. The van der Waals surface area contributed by atoms with Crippen molar-refractivity contribution in [2.75, 3.05) is 6.54 Å². The number of nitrogens with two attached hydrogens (primary N) is 1. The predicted molar refractivity (Wildman–Crippen MR) is 114 cm³/mol. The van der Waals surface area contributed by atoms with Gasteiger partial charge in [-0.25, -0.2) is 0 Å². The molecule has 0 radical (unpaired) electrons. The third kappa shape index (κ3) is 5.43. The van der Waals surface area contributed by atoms with E-state index in [1.165, 1.54) is 19.3 Å². The maximum Gasteiger partial charge on any atom is 0.253 e. The molecule has 26 heavy (non-hydrogen) atoms. The molecule has 0 saturated heterocycles. The van der Waals surface area contributed by atoms with Crippen LogP contribution in [0.25, 0.3) is 11.3 Å². The van der Waals surface area contributed by atoms with E-state index < -0.39 is 0 Å². The van der Waals surface area contributed by atoms with Crippen molar-refractivity contribution in [3.05, 3.63) is 40.2 Å². The second kappa shape index (κ2) is 10.9. The lowest BCUT2D eigenvalue weighted by Crippen LogP contribution is -2.46. The molecule has 1 atom stereocenters. The second-order valence-electron chi connectivity index (χ2n) is 6.56. The Labute approximate surface area is 171 Å². The Balaban J connectivity index is 0.00000169. The van der Waals surface area contributed by atoms with E-state index in [1.807, 2.05) is 30.5 Å². The number of aryl methyl sites for hydroxylation is 1. The fourth-order valence-electron chi connectivity index (χ4n) is 3.52. The number of amides is 1. The number of rotatable bonds is 5. The topological polar surface area (TPSA) is 68.0 Å². The van der Waals surface area contributed by atoms with E-state index >= 15 is 0 Å². The van der Waals surface area contributed by atoms with Gasteiger partial charge in [0.1, 0.15) is 0 Å².